The molecule has 2 heterocycles. The highest BCUT2D eigenvalue weighted by Gasteiger charge is 2.27. The van der Waals surface area contributed by atoms with Crippen LogP contribution in [0.5, 0.6) is 5.75 Å². The first-order valence-corrected chi connectivity index (χ1v) is 10.7. The number of piperidine rings is 1. The van der Waals surface area contributed by atoms with E-state index in [2.05, 4.69) is 15.2 Å². The molecule has 0 spiro atoms. The summed E-state index contributed by atoms with van der Waals surface area (Å²) in [4.78, 5) is 24.4. The maximum absolute atomic E-state index is 12.5. The first kappa shape index (κ1) is 19.7. The molecule has 4 rings (SSSR count). The molecule has 2 aliphatic rings. The molecule has 0 saturated carbocycles. The van der Waals surface area contributed by atoms with Crippen molar-refractivity contribution < 1.29 is 9.53 Å². The molecule has 6 heteroatoms. The fraction of sp³-hybridized carbons (Fsp3) is 0.522. The Kier molecular flexibility index (Phi) is 5.97. The molecule has 1 aliphatic heterocycles. The summed E-state index contributed by atoms with van der Waals surface area (Å²) in [5, 5.41) is 3.16. The number of nitrogens with one attached hydrogen (secondary N) is 1. The predicted octanol–water partition coefficient (Wildman–Crippen LogP) is 3.22. The van der Waals surface area contributed by atoms with Crippen LogP contribution in [0, 0.1) is 6.92 Å². The third-order valence-electron chi connectivity index (χ3n) is 5.84. The lowest BCUT2D eigenvalue weighted by Gasteiger charge is -2.35. The minimum absolute atomic E-state index is 0.0532. The Morgan fingerprint density at radius 2 is 1.86 bits per heavy atom. The van der Waals surface area contributed by atoms with Crippen molar-refractivity contribution in [2.45, 2.75) is 64.5 Å². The van der Waals surface area contributed by atoms with Crippen LogP contribution in [0.4, 0.5) is 5.82 Å². The van der Waals surface area contributed by atoms with Gasteiger partial charge in [0.15, 0.2) is 6.10 Å². The summed E-state index contributed by atoms with van der Waals surface area (Å²) in [6, 6.07) is 9.66. The molecule has 1 aliphatic carbocycles. The summed E-state index contributed by atoms with van der Waals surface area (Å²) in [6.07, 6.45) is 5.92. The van der Waals surface area contributed by atoms with Crippen molar-refractivity contribution in [1.29, 1.82) is 0 Å². The number of nitrogens with zero attached hydrogens (tertiary/aromatic N) is 3. The van der Waals surface area contributed by atoms with Crippen molar-refractivity contribution >= 4 is 11.7 Å². The van der Waals surface area contributed by atoms with Gasteiger partial charge in [-0.25, -0.2) is 9.97 Å². The first-order chi connectivity index (χ1) is 14.1. The average molecular weight is 395 g/mol. The second-order valence-electron chi connectivity index (χ2n) is 8.07. The Morgan fingerprint density at radius 3 is 2.62 bits per heavy atom. The van der Waals surface area contributed by atoms with Gasteiger partial charge < -0.3 is 15.0 Å². The lowest BCUT2D eigenvalue weighted by atomic mass is 9.95. The van der Waals surface area contributed by atoms with Gasteiger partial charge in [0.1, 0.15) is 17.4 Å². The zero-order chi connectivity index (χ0) is 20.2. The van der Waals surface area contributed by atoms with Gasteiger partial charge >= 0.3 is 0 Å². The van der Waals surface area contributed by atoms with Crippen LogP contribution in [0.15, 0.2) is 30.3 Å². The molecular formula is C23H30N4O2. The topological polar surface area (TPSA) is 67.4 Å². The monoisotopic (exact) mass is 394 g/mol. The smallest absolute Gasteiger partial charge is 0.260 e. The molecule has 1 aromatic carbocycles. The molecule has 1 saturated heterocycles. The number of aryl methyl sites for hydroxylation is 2. The van der Waals surface area contributed by atoms with Crippen LogP contribution in [-0.4, -0.2) is 41.1 Å². The summed E-state index contributed by atoms with van der Waals surface area (Å²) >= 11 is 0. The lowest BCUT2D eigenvalue weighted by molar-refractivity contribution is -0.128. The molecule has 154 valence electrons. The Labute approximate surface area is 172 Å². The Balaban J connectivity index is 1.33. The van der Waals surface area contributed by atoms with Gasteiger partial charge in [-0.2, -0.15) is 0 Å². The van der Waals surface area contributed by atoms with Crippen LogP contribution in [0.1, 0.15) is 49.7 Å². The van der Waals surface area contributed by atoms with E-state index in [0.29, 0.717) is 5.75 Å². The van der Waals surface area contributed by atoms with E-state index in [0.717, 1.165) is 50.4 Å². The maximum atomic E-state index is 12.5. The highest BCUT2D eigenvalue weighted by Crippen LogP contribution is 2.29. The molecule has 1 atom stereocenters. The van der Waals surface area contributed by atoms with Gasteiger partial charge in [0.25, 0.3) is 5.91 Å². The third-order valence-corrected chi connectivity index (χ3v) is 5.84. The molecule has 1 amide bonds. The highest BCUT2D eigenvalue weighted by molar-refractivity contribution is 5.81. The number of fused-ring (bicyclic) bond motifs is 1. The average Bonchev–Trinajstić information content (AvgIpc) is 2.74. The van der Waals surface area contributed by atoms with Crippen molar-refractivity contribution in [2.24, 2.45) is 0 Å². The van der Waals surface area contributed by atoms with Crippen molar-refractivity contribution in [2.75, 3.05) is 18.0 Å². The van der Waals surface area contributed by atoms with Gasteiger partial charge in [0, 0.05) is 30.4 Å². The molecule has 0 radical (unpaired) electrons. The first-order valence-electron chi connectivity index (χ1n) is 10.7. The molecule has 29 heavy (non-hydrogen) atoms. The van der Waals surface area contributed by atoms with E-state index in [-0.39, 0.29) is 11.9 Å². The number of hydrogen-bond acceptors (Lipinski definition) is 5. The van der Waals surface area contributed by atoms with Gasteiger partial charge in [-0.15, -0.1) is 0 Å². The lowest BCUT2D eigenvalue weighted by Crippen LogP contribution is -2.48. The number of amides is 1. The van der Waals surface area contributed by atoms with E-state index >= 15 is 0 Å². The van der Waals surface area contributed by atoms with Gasteiger partial charge in [-0.05, 0) is 64.5 Å². The molecule has 0 unspecified atom stereocenters. The number of benzene rings is 1. The number of anilines is 1. The summed E-state index contributed by atoms with van der Waals surface area (Å²) in [5.41, 5.74) is 2.58. The zero-order valence-electron chi connectivity index (χ0n) is 17.4. The highest BCUT2D eigenvalue weighted by atomic mass is 16.5. The Morgan fingerprint density at radius 1 is 1.14 bits per heavy atom. The van der Waals surface area contributed by atoms with Crippen LogP contribution < -0.4 is 15.0 Å². The number of hydrogen-bond donors (Lipinski definition) is 1. The number of carbonyl (C=O) groups excluding carboxylic acids is 1. The van der Waals surface area contributed by atoms with Crippen molar-refractivity contribution in [3.63, 3.8) is 0 Å². The Hall–Kier alpha value is -2.63. The quantitative estimate of drug-likeness (QED) is 0.843. The molecular weight excluding hydrogens is 364 g/mol. The number of aromatic nitrogens is 2. The van der Waals surface area contributed by atoms with Crippen LogP contribution in [0.2, 0.25) is 0 Å². The number of rotatable bonds is 5. The standard InChI is InChI=1S/C23H30N4O2/c1-16(29-19-8-4-3-5-9-19)23(28)26-18-12-14-27(15-13-18)22-20-10-6-7-11-21(20)24-17(2)25-22/h3-5,8-9,16,18H,6-7,10-15H2,1-2H3,(H,26,28)/t16-/m1/s1. The number of para-hydroxylation sites is 1. The molecule has 1 fully saturated rings. The van der Waals surface area contributed by atoms with Crippen LogP contribution in [0.3, 0.4) is 0 Å². The van der Waals surface area contributed by atoms with E-state index in [1.54, 1.807) is 6.92 Å². The van der Waals surface area contributed by atoms with E-state index in [9.17, 15) is 4.79 Å². The fourth-order valence-electron chi connectivity index (χ4n) is 4.27. The van der Waals surface area contributed by atoms with E-state index < -0.39 is 6.10 Å². The van der Waals surface area contributed by atoms with Crippen LogP contribution in [0.25, 0.3) is 0 Å². The van der Waals surface area contributed by atoms with Crippen molar-refractivity contribution in [3.8, 4) is 5.75 Å². The van der Waals surface area contributed by atoms with Gasteiger partial charge in [-0.3, -0.25) is 4.79 Å². The second kappa shape index (κ2) is 8.80. The zero-order valence-corrected chi connectivity index (χ0v) is 17.4. The summed E-state index contributed by atoms with van der Waals surface area (Å²) in [6.45, 7) is 5.59. The minimum atomic E-state index is -0.507. The molecule has 0 bridgehead atoms. The number of carbonyl (C=O) groups is 1. The van der Waals surface area contributed by atoms with Crippen LogP contribution in [-0.2, 0) is 17.6 Å². The summed E-state index contributed by atoms with van der Waals surface area (Å²) < 4.78 is 5.74. The maximum Gasteiger partial charge on any atom is 0.260 e. The summed E-state index contributed by atoms with van der Waals surface area (Å²) in [7, 11) is 0. The normalized spacial score (nSPS) is 18.1. The van der Waals surface area contributed by atoms with E-state index in [1.807, 2.05) is 37.3 Å². The minimum Gasteiger partial charge on any atom is -0.481 e. The van der Waals surface area contributed by atoms with Gasteiger partial charge in [-0.1, -0.05) is 18.2 Å². The molecule has 6 nitrogen and oxygen atoms in total. The van der Waals surface area contributed by atoms with Gasteiger partial charge in [0.05, 0.1) is 0 Å². The van der Waals surface area contributed by atoms with Crippen molar-refractivity contribution in [3.05, 3.63) is 47.4 Å². The van der Waals surface area contributed by atoms with E-state index in [4.69, 9.17) is 9.72 Å². The van der Waals surface area contributed by atoms with E-state index in [1.165, 1.54) is 24.1 Å². The molecule has 1 N–H and O–H groups in total. The molecule has 1 aromatic heterocycles. The third kappa shape index (κ3) is 4.69. The Bertz CT molecular complexity index is 847. The van der Waals surface area contributed by atoms with Crippen LogP contribution >= 0.6 is 0 Å². The second-order valence-corrected chi connectivity index (χ2v) is 8.07. The van der Waals surface area contributed by atoms with Crippen molar-refractivity contribution in [1.82, 2.24) is 15.3 Å². The number of ether oxygens (including phenoxy) is 1. The fourth-order valence-corrected chi connectivity index (χ4v) is 4.27. The SMILES string of the molecule is Cc1nc2c(c(N3CCC(NC(=O)[C@@H](C)Oc4ccccc4)CC3)n1)CCCC2. The molecule has 2 aromatic rings. The predicted molar refractivity (Wildman–Crippen MR) is 113 cm³/mol. The van der Waals surface area contributed by atoms with Gasteiger partial charge in [0.2, 0.25) is 0 Å². The largest absolute Gasteiger partial charge is 0.481 e. The summed E-state index contributed by atoms with van der Waals surface area (Å²) in [5.74, 6) is 2.65.